The SMILES string of the molecule is O=C1COc2ccc(C(=O)NC3(C(=O)O)CCCCC3)cc2N1. The maximum atomic E-state index is 12.5. The van der Waals surface area contributed by atoms with Crippen molar-refractivity contribution in [3.63, 3.8) is 0 Å². The van der Waals surface area contributed by atoms with Gasteiger partial charge in [-0.3, -0.25) is 9.59 Å². The molecule has 1 fully saturated rings. The summed E-state index contributed by atoms with van der Waals surface area (Å²) in [5.74, 6) is -1.26. The summed E-state index contributed by atoms with van der Waals surface area (Å²) >= 11 is 0. The lowest BCUT2D eigenvalue weighted by molar-refractivity contribution is -0.145. The molecule has 1 aliphatic heterocycles. The molecule has 3 rings (SSSR count). The zero-order chi connectivity index (χ0) is 16.4. The van der Waals surface area contributed by atoms with Crippen LogP contribution in [0.1, 0.15) is 42.5 Å². The van der Waals surface area contributed by atoms with Crippen LogP contribution in [0.15, 0.2) is 18.2 Å². The summed E-state index contributed by atoms with van der Waals surface area (Å²) in [6, 6.07) is 4.65. The first kappa shape index (κ1) is 15.3. The maximum Gasteiger partial charge on any atom is 0.329 e. The molecule has 1 aromatic carbocycles. The number of anilines is 1. The van der Waals surface area contributed by atoms with Gasteiger partial charge in [-0.05, 0) is 31.0 Å². The fourth-order valence-corrected chi connectivity index (χ4v) is 3.06. The van der Waals surface area contributed by atoms with Crippen LogP contribution in [0.5, 0.6) is 5.75 Å². The lowest BCUT2D eigenvalue weighted by Crippen LogP contribution is -2.55. The number of carbonyl (C=O) groups excluding carboxylic acids is 2. The highest BCUT2D eigenvalue weighted by Crippen LogP contribution is 2.31. The molecule has 2 amide bonds. The number of fused-ring (bicyclic) bond motifs is 1. The van der Waals surface area contributed by atoms with E-state index in [1.807, 2.05) is 0 Å². The van der Waals surface area contributed by atoms with Crippen molar-refractivity contribution < 1.29 is 24.2 Å². The zero-order valence-electron chi connectivity index (χ0n) is 12.6. The van der Waals surface area contributed by atoms with Gasteiger partial charge in [0.1, 0.15) is 11.3 Å². The molecule has 2 aliphatic rings. The van der Waals surface area contributed by atoms with Gasteiger partial charge in [-0.25, -0.2) is 4.79 Å². The molecule has 0 bridgehead atoms. The summed E-state index contributed by atoms with van der Waals surface area (Å²) in [5, 5.41) is 14.8. The number of carboxylic acid groups (broad SMARTS) is 1. The van der Waals surface area contributed by atoms with Gasteiger partial charge in [0.05, 0.1) is 5.69 Å². The molecule has 122 valence electrons. The van der Waals surface area contributed by atoms with Crippen LogP contribution in [-0.4, -0.2) is 35.0 Å². The van der Waals surface area contributed by atoms with Gasteiger partial charge in [0, 0.05) is 5.56 Å². The van der Waals surface area contributed by atoms with Gasteiger partial charge in [-0.15, -0.1) is 0 Å². The number of rotatable bonds is 3. The van der Waals surface area contributed by atoms with E-state index in [1.54, 1.807) is 12.1 Å². The third kappa shape index (κ3) is 2.99. The standard InChI is InChI=1S/C16H18N2O5/c19-13-9-23-12-5-4-10(8-11(12)17-13)14(20)18-16(15(21)22)6-2-1-3-7-16/h4-5,8H,1-3,6-7,9H2,(H,17,19)(H,18,20)(H,21,22). The summed E-state index contributed by atoms with van der Waals surface area (Å²) < 4.78 is 5.24. The topological polar surface area (TPSA) is 105 Å². The molecule has 1 aromatic rings. The monoisotopic (exact) mass is 318 g/mol. The quantitative estimate of drug-likeness (QED) is 0.784. The Morgan fingerprint density at radius 2 is 1.96 bits per heavy atom. The number of amides is 2. The highest BCUT2D eigenvalue weighted by molar-refractivity contribution is 6.01. The minimum absolute atomic E-state index is 0.0549. The molecule has 3 N–H and O–H groups in total. The second-order valence-corrected chi connectivity index (χ2v) is 5.95. The van der Waals surface area contributed by atoms with Crippen molar-refractivity contribution in [1.82, 2.24) is 5.32 Å². The molecule has 0 unspecified atom stereocenters. The Hall–Kier alpha value is -2.57. The lowest BCUT2D eigenvalue weighted by atomic mass is 9.81. The maximum absolute atomic E-state index is 12.5. The van der Waals surface area contributed by atoms with E-state index in [2.05, 4.69) is 10.6 Å². The van der Waals surface area contributed by atoms with E-state index in [1.165, 1.54) is 6.07 Å². The number of hydrogen-bond acceptors (Lipinski definition) is 4. The van der Waals surface area contributed by atoms with Gasteiger partial charge >= 0.3 is 5.97 Å². The molecule has 7 heteroatoms. The molecular formula is C16H18N2O5. The van der Waals surface area contributed by atoms with E-state index in [9.17, 15) is 19.5 Å². The first-order valence-corrected chi connectivity index (χ1v) is 7.63. The van der Waals surface area contributed by atoms with Gasteiger partial charge in [0.25, 0.3) is 11.8 Å². The zero-order valence-corrected chi connectivity index (χ0v) is 12.6. The number of nitrogens with one attached hydrogen (secondary N) is 2. The molecular weight excluding hydrogens is 300 g/mol. The average molecular weight is 318 g/mol. The molecule has 1 aliphatic carbocycles. The Kier molecular flexibility index (Phi) is 3.94. The molecule has 0 spiro atoms. The van der Waals surface area contributed by atoms with E-state index in [0.717, 1.165) is 19.3 Å². The van der Waals surface area contributed by atoms with Crippen molar-refractivity contribution in [1.29, 1.82) is 0 Å². The van der Waals surface area contributed by atoms with Crippen molar-refractivity contribution >= 4 is 23.5 Å². The fourth-order valence-electron chi connectivity index (χ4n) is 3.06. The van der Waals surface area contributed by atoms with Crippen molar-refractivity contribution in [3.8, 4) is 5.75 Å². The van der Waals surface area contributed by atoms with E-state index >= 15 is 0 Å². The Balaban J connectivity index is 1.81. The smallest absolute Gasteiger partial charge is 0.329 e. The lowest BCUT2D eigenvalue weighted by Gasteiger charge is -2.34. The first-order chi connectivity index (χ1) is 11.0. The largest absolute Gasteiger partial charge is 0.482 e. The van der Waals surface area contributed by atoms with Crippen LogP contribution in [0.3, 0.4) is 0 Å². The Morgan fingerprint density at radius 3 is 2.65 bits per heavy atom. The van der Waals surface area contributed by atoms with Gasteiger partial charge in [0.15, 0.2) is 6.61 Å². The van der Waals surface area contributed by atoms with Gasteiger partial charge < -0.3 is 20.5 Å². The van der Waals surface area contributed by atoms with E-state index < -0.39 is 17.4 Å². The minimum Gasteiger partial charge on any atom is -0.482 e. The summed E-state index contributed by atoms with van der Waals surface area (Å²) in [4.78, 5) is 35.4. The fraction of sp³-hybridized carbons (Fsp3) is 0.438. The van der Waals surface area contributed by atoms with Crippen LogP contribution < -0.4 is 15.4 Å². The highest BCUT2D eigenvalue weighted by Gasteiger charge is 2.41. The van der Waals surface area contributed by atoms with E-state index in [4.69, 9.17) is 4.74 Å². The third-order valence-corrected chi connectivity index (χ3v) is 4.34. The number of aliphatic carboxylic acids is 1. The van der Waals surface area contributed by atoms with Crippen molar-refractivity contribution in [2.45, 2.75) is 37.6 Å². The van der Waals surface area contributed by atoms with Crippen LogP contribution in [0.25, 0.3) is 0 Å². The van der Waals surface area contributed by atoms with Gasteiger partial charge in [-0.1, -0.05) is 19.3 Å². The van der Waals surface area contributed by atoms with E-state index in [0.29, 0.717) is 29.8 Å². The molecule has 0 radical (unpaired) electrons. The number of benzene rings is 1. The molecule has 0 saturated heterocycles. The highest BCUT2D eigenvalue weighted by atomic mass is 16.5. The molecule has 0 atom stereocenters. The summed E-state index contributed by atoms with van der Waals surface area (Å²) in [6.45, 7) is -0.0549. The third-order valence-electron chi connectivity index (χ3n) is 4.34. The molecule has 0 aromatic heterocycles. The average Bonchev–Trinajstić information content (AvgIpc) is 2.54. The predicted molar refractivity (Wildman–Crippen MR) is 81.5 cm³/mol. The van der Waals surface area contributed by atoms with Crippen molar-refractivity contribution in [2.24, 2.45) is 0 Å². The van der Waals surface area contributed by atoms with Crippen molar-refractivity contribution in [2.75, 3.05) is 11.9 Å². The second-order valence-electron chi connectivity index (χ2n) is 5.95. The molecule has 1 saturated carbocycles. The normalized spacial score (nSPS) is 19.0. The number of hydrogen-bond donors (Lipinski definition) is 3. The van der Waals surface area contributed by atoms with E-state index in [-0.39, 0.29) is 12.5 Å². The predicted octanol–water partition coefficient (Wildman–Crippen LogP) is 1.53. The second kappa shape index (κ2) is 5.91. The molecule has 7 nitrogen and oxygen atoms in total. The van der Waals surface area contributed by atoms with Crippen molar-refractivity contribution in [3.05, 3.63) is 23.8 Å². The van der Waals surface area contributed by atoms with Crippen LogP contribution in [0.4, 0.5) is 5.69 Å². The number of carboxylic acids is 1. The Morgan fingerprint density at radius 1 is 1.22 bits per heavy atom. The van der Waals surface area contributed by atoms with Crippen LogP contribution in [0.2, 0.25) is 0 Å². The minimum atomic E-state index is -1.20. The first-order valence-electron chi connectivity index (χ1n) is 7.63. The van der Waals surface area contributed by atoms with Crippen LogP contribution >= 0.6 is 0 Å². The van der Waals surface area contributed by atoms with Crippen LogP contribution in [0, 0.1) is 0 Å². The molecule has 1 heterocycles. The number of ether oxygens (including phenoxy) is 1. The number of carbonyl (C=O) groups is 3. The van der Waals surface area contributed by atoms with Crippen LogP contribution in [-0.2, 0) is 9.59 Å². The summed E-state index contributed by atoms with van der Waals surface area (Å²) in [6.07, 6.45) is 3.40. The van der Waals surface area contributed by atoms with Gasteiger partial charge in [-0.2, -0.15) is 0 Å². The Bertz CT molecular complexity index is 664. The summed E-state index contributed by atoms with van der Waals surface area (Å²) in [5.41, 5.74) is -0.493. The summed E-state index contributed by atoms with van der Waals surface area (Å²) in [7, 11) is 0. The Labute approximate surface area is 133 Å². The molecule has 23 heavy (non-hydrogen) atoms. The van der Waals surface area contributed by atoms with Gasteiger partial charge in [0.2, 0.25) is 0 Å².